The molecule has 0 radical (unpaired) electrons. The summed E-state index contributed by atoms with van der Waals surface area (Å²) < 4.78 is 66.8. The Hall–Kier alpha value is -0.810. The lowest BCUT2D eigenvalue weighted by Crippen LogP contribution is -2.24. The number of ether oxygens (including phenoxy) is 1. The van der Waals surface area contributed by atoms with E-state index in [0.29, 0.717) is 6.08 Å². The van der Waals surface area contributed by atoms with E-state index in [1.54, 1.807) is 6.07 Å². The van der Waals surface area contributed by atoms with Crippen LogP contribution in [0.15, 0.2) is 11.0 Å². The van der Waals surface area contributed by atoms with Crippen LogP contribution in [0.2, 0.25) is 0 Å². The Morgan fingerprint density at radius 1 is 1.33 bits per heavy atom. The van der Waals surface area contributed by atoms with E-state index in [4.69, 9.17) is 5.26 Å². The van der Waals surface area contributed by atoms with Gasteiger partial charge in [0.05, 0.1) is 18.1 Å². The molecular formula is C7H6F5NOS. The van der Waals surface area contributed by atoms with E-state index < -0.39 is 33.3 Å². The second-order valence-corrected chi connectivity index (χ2v) is 6.01. The Morgan fingerprint density at radius 2 is 1.93 bits per heavy atom. The number of nitrogens with zero attached hydrogens (tertiary/aromatic N) is 1. The summed E-state index contributed by atoms with van der Waals surface area (Å²) in [4.78, 5) is -1.93. The number of halogens is 5. The Labute approximate surface area is 82.0 Å². The quantitative estimate of drug-likeness (QED) is 0.664. The van der Waals surface area contributed by atoms with Gasteiger partial charge in [-0.25, -0.2) is 0 Å². The first-order chi connectivity index (χ1) is 6.51. The predicted molar refractivity (Wildman–Crippen MR) is 43.6 cm³/mol. The van der Waals surface area contributed by atoms with Crippen LogP contribution in [0, 0.1) is 17.2 Å². The maximum Gasteiger partial charge on any atom is 0.309 e. The third-order valence-electron chi connectivity index (χ3n) is 2.41. The van der Waals surface area contributed by atoms with Crippen LogP contribution in [-0.4, -0.2) is 12.2 Å². The Kier molecular flexibility index (Phi) is 1.53. The number of rotatable bonds is 1. The monoisotopic (exact) mass is 247 g/mol. The summed E-state index contributed by atoms with van der Waals surface area (Å²) in [6.45, 7) is 0. The lowest BCUT2D eigenvalue weighted by Gasteiger charge is -2.43. The molecule has 2 heterocycles. The highest BCUT2D eigenvalue weighted by molar-refractivity contribution is 8.48. The van der Waals surface area contributed by atoms with E-state index in [1.807, 2.05) is 0 Å². The molecular weight excluding hydrogens is 241 g/mol. The smallest absolute Gasteiger partial charge is 0.309 e. The molecule has 0 saturated carbocycles. The minimum absolute atomic E-state index is 0.0541. The third kappa shape index (κ3) is 1.70. The Balaban J connectivity index is 2.45. The van der Waals surface area contributed by atoms with Gasteiger partial charge in [0.2, 0.25) is 0 Å². The first-order valence-corrected chi connectivity index (χ1v) is 5.97. The van der Waals surface area contributed by atoms with Crippen LogP contribution < -0.4 is 0 Å². The van der Waals surface area contributed by atoms with Gasteiger partial charge < -0.3 is 4.74 Å². The molecule has 0 aromatic carbocycles. The van der Waals surface area contributed by atoms with Crippen molar-refractivity contribution in [2.45, 2.75) is 18.6 Å². The minimum Gasteiger partial charge on any atom is -0.364 e. The van der Waals surface area contributed by atoms with Gasteiger partial charge in [-0.2, -0.15) is 5.26 Å². The van der Waals surface area contributed by atoms with Crippen molar-refractivity contribution in [3.05, 3.63) is 11.0 Å². The molecule has 0 N–H and O–H groups in total. The average Bonchev–Trinajstić information content (AvgIpc) is 2.56. The molecule has 86 valence electrons. The fraction of sp³-hybridized carbons (Fsp3) is 0.571. The molecule has 0 aliphatic carbocycles. The molecule has 2 aliphatic rings. The van der Waals surface area contributed by atoms with Crippen LogP contribution in [0.3, 0.4) is 0 Å². The standard InChI is InChI=1S/C7H6F5NOS/c8-15(9,10,11,12)6-2-5-1-4(3-13)7(6)14-5/h2,4-5,7H,1H2. The molecule has 3 atom stereocenters. The van der Waals surface area contributed by atoms with Crippen molar-refractivity contribution in [1.29, 1.82) is 5.26 Å². The highest BCUT2D eigenvalue weighted by atomic mass is 32.5. The van der Waals surface area contributed by atoms with E-state index >= 15 is 0 Å². The van der Waals surface area contributed by atoms with Crippen LogP contribution in [-0.2, 0) is 4.74 Å². The zero-order valence-corrected chi connectivity index (χ0v) is 7.99. The normalized spacial score (nSPS) is 39.2. The summed E-state index contributed by atoms with van der Waals surface area (Å²) in [5, 5.41) is 8.48. The van der Waals surface area contributed by atoms with Crippen LogP contribution in [0.25, 0.3) is 0 Å². The van der Waals surface area contributed by atoms with E-state index in [2.05, 4.69) is 4.74 Å². The minimum atomic E-state index is -9.66. The number of fused-ring (bicyclic) bond motifs is 2. The lowest BCUT2D eigenvalue weighted by molar-refractivity contribution is 0.110. The second-order valence-electron chi connectivity index (χ2n) is 3.60. The van der Waals surface area contributed by atoms with Gasteiger partial charge in [-0.15, -0.1) is 0 Å². The van der Waals surface area contributed by atoms with Gasteiger partial charge in [0, 0.05) is 0 Å². The van der Waals surface area contributed by atoms with Crippen molar-refractivity contribution in [3.63, 3.8) is 0 Å². The van der Waals surface area contributed by atoms with E-state index in [1.165, 1.54) is 0 Å². The van der Waals surface area contributed by atoms with Crippen molar-refractivity contribution in [1.82, 2.24) is 0 Å². The molecule has 3 unspecified atom stereocenters. The lowest BCUT2D eigenvalue weighted by atomic mass is 9.96. The second kappa shape index (κ2) is 2.15. The van der Waals surface area contributed by atoms with Gasteiger partial charge >= 0.3 is 10.2 Å². The number of hydrogen-bond acceptors (Lipinski definition) is 2. The maximum absolute atomic E-state index is 12.4. The van der Waals surface area contributed by atoms with Crippen molar-refractivity contribution >= 4 is 10.2 Å². The summed E-state index contributed by atoms with van der Waals surface area (Å²) in [5.41, 5.74) is 0. The predicted octanol–water partition coefficient (Wildman–Crippen LogP) is 3.48. The zero-order valence-electron chi connectivity index (χ0n) is 7.17. The molecule has 1 saturated heterocycles. The topological polar surface area (TPSA) is 33.0 Å². The molecule has 2 aliphatic heterocycles. The fourth-order valence-corrected chi connectivity index (χ4v) is 2.90. The van der Waals surface area contributed by atoms with Gasteiger partial charge in [0.25, 0.3) is 0 Å². The van der Waals surface area contributed by atoms with Gasteiger partial charge in [-0.05, 0) is 12.5 Å². The molecule has 0 amide bonds. The molecule has 1 fully saturated rings. The molecule has 0 aromatic heterocycles. The van der Waals surface area contributed by atoms with Gasteiger partial charge in [0.1, 0.15) is 11.0 Å². The summed E-state index contributed by atoms with van der Waals surface area (Å²) in [7, 11) is -9.66. The maximum atomic E-state index is 12.4. The first kappa shape index (κ1) is 10.7. The Bertz CT molecular complexity index is 393. The average molecular weight is 247 g/mol. The molecule has 2 rings (SSSR count). The molecule has 0 spiro atoms. The van der Waals surface area contributed by atoms with Crippen LogP contribution in [0.4, 0.5) is 19.4 Å². The number of nitriles is 1. The van der Waals surface area contributed by atoms with Crippen molar-refractivity contribution in [3.8, 4) is 6.07 Å². The highest BCUT2D eigenvalue weighted by Gasteiger charge is 2.72. The molecule has 0 aromatic rings. The van der Waals surface area contributed by atoms with E-state index in [9.17, 15) is 19.4 Å². The summed E-state index contributed by atoms with van der Waals surface area (Å²) in [5.74, 6) is -1.13. The largest absolute Gasteiger partial charge is 0.364 e. The molecule has 2 nitrogen and oxygen atoms in total. The van der Waals surface area contributed by atoms with E-state index in [-0.39, 0.29) is 6.42 Å². The van der Waals surface area contributed by atoms with Crippen molar-refractivity contribution < 1.29 is 24.2 Å². The number of hydrogen-bond donors (Lipinski definition) is 0. The van der Waals surface area contributed by atoms with Crippen molar-refractivity contribution in [2.75, 3.05) is 0 Å². The SMILES string of the molecule is N#CC1CC2C=C(S(F)(F)(F)(F)F)C1O2. The summed E-state index contributed by atoms with van der Waals surface area (Å²) >= 11 is 0. The summed E-state index contributed by atoms with van der Waals surface area (Å²) in [6, 6.07) is 1.55. The molecule has 2 bridgehead atoms. The first-order valence-electron chi connectivity index (χ1n) is 4.02. The van der Waals surface area contributed by atoms with Crippen LogP contribution in [0.5, 0.6) is 0 Å². The van der Waals surface area contributed by atoms with Gasteiger partial charge in [-0.3, -0.25) is 0 Å². The fourth-order valence-electron chi connectivity index (χ4n) is 1.83. The van der Waals surface area contributed by atoms with E-state index in [0.717, 1.165) is 0 Å². The van der Waals surface area contributed by atoms with Crippen molar-refractivity contribution in [2.24, 2.45) is 5.92 Å². The van der Waals surface area contributed by atoms with Crippen LogP contribution >= 0.6 is 10.2 Å². The van der Waals surface area contributed by atoms with Gasteiger partial charge in [0.15, 0.2) is 0 Å². The third-order valence-corrected chi connectivity index (χ3v) is 3.67. The molecule has 8 heteroatoms. The van der Waals surface area contributed by atoms with Gasteiger partial charge in [-0.1, -0.05) is 19.4 Å². The zero-order chi connectivity index (χ0) is 11.5. The summed E-state index contributed by atoms with van der Waals surface area (Å²) in [6.07, 6.45) is -2.35. The molecule has 15 heavy (non-hydrogen) atoms. The van der Waals surface area contributed by atoms with Crippen LogP contribution in [0.1, 0.15) is 6.42 Å². The Morgan fingerprint density at radius 3 is 2.33 bits per heavy atom. The highest BCUT2D eigenvalue weighted by Crippen LogP contribution is 3.03.